The molecule has 2 rings (SSSR count). The molecular formula is C15H21N3S. The zero-order valence-electron chi connectivity index (χ0n) is 11.8. The Labute approximate surface area is 119 Å². The van der Waals surface area contributed by atoms with Crippen molar-refractivity contribution in [1.82, 2.24) is 15.5 Å². The van der Waals surface area contributed by atoms with Crippen LogP contribution < -0.4 is 5.32 Å². The van der Waals surface area contributed by atoms with Crippen molar-refractivity contribution in [2.75, 3.05) is 6.54 Å². The Hall–Kier alpha value is -1.26. The van der Waals surface area contributed by atoms with Crippen molar-refractivity contribution in [3.05, 3.63) is 45.9 Å². The van der Waals surface area contributed by atoms with Crippen LogP contribution in [0.2, 0.25) is 0 Å². The molecule has 0 saturated carbocycles. The lowest BCUT2D eigenvalue weighted by molar-refractivity contribution is 0.550. The molecule has 0 amide bonds. The first-order chi connectivity index (χ1) is 9.16. The molecule has 102 valence electrons. The fraction of sp³-hybridized carbons (Fsp3) is 0.467. The second-order valence-electron chi connectivity index (χ2n) is 5.19. The van der Waals surface area contributed by atoms with E-state index in [2.05, 4.69) is 60.6 Å². The Balaban J connectivity index is 1.97. The summed E-state index contributed by atoms with van der Waals surface area (Å²) in [7, 11) is 0. The van der Waals surface area contributed by atoms with Crippen LogP contribution in [0.4, 0.5) is 0 Å². The van der Waals surface area contributed by atoms with Gasteiger partial charge in [-0.3, -0.25) is 0 Å². The molecule has 1 aromatic heterocycles. The first kappa shape index (κ1) is 14.2. The van der Waals surface area contributed by atoms with Crippen molar-refractivity contribution in [1.29, 1.82) is 0 Å². The van der Waals surface area contributed by atoms with Gasteiger partial charge in [-0.2, -0.15) is 0 Å². The molecule has 0 bridgehead atoms. The summed E-state index contributed by atoms with van der Waals surface area (Å²) >= 11 is 1.70. The van der Waals surface area contributed by atoms with Gasteiger partial charge in [-0.05, 0) is 18.0 Å². The Morgan fingerprint density at radius 2 is 1.84 bits per heavy atom. The molecule has 0 aliphatic heterocycles. The first-order valence-electron chi connectivity index (χ1n) is 6.74. The minimum Gasteiger partial charge on any atom is -0.310 e. The lowest BCUT2D eigenvalue weighted by atomic mass is 10.0. The van der Waals surface area contributed by atoms with Crippen molar-refractivity contribution in [3.63, 3.8) is 0 Å². The molecular weight excluding hydrogens is 254 g/mol. The molecule has 4 heteroatoms. The zero-order chi connectivity index (χ0) is 13.7. The monoisotopic (exact) mass is 275 g/mol. The van der Waals surface area contributed by atoms with Crippen LogP contribution in [0, 0.1) is 5.92 Å². The van der Waals surface area contributed by atoms with E-state index in [0.717, 1.165) is 23.1 Å². The van der Waals surface area contributed by atoms with Crippen molar-refractivity contribution in [3.8, 4) is 0 Å². The summed E-state index contributed by atoms with van der Waals surface area (Å²) in [6.45, 7) is 8.42. The SMILES string of the molecule is CC(C)CNCc1nnc(C(C)c2ccccc2)s1. The summed E-state index contributed by atoms with van der Waals surface area (Å²) in [5.74, 6) is 0.980. The first-order valence-corrected chi connectivity index (χ1v) is 7.56. The lowest BCUT2D eigenvalue weighted by Crippen LogP contribution is -2.18. The lowest BCUT2D eigenvalue weighted by Gasteiger charge is -2.07. The summed E-state index contributed by atoms with van der Waals surface area (Å²) in [5.41, 5.74) is 1.29. The highest BCUT2D eigenvalue weighted by molar-refractivity contribution is 7.11. The topological polar surface area (TPSA) is 37.8 Å². The van der Waals surface area contributed by atoms with Crippen LogP contribution in [0.15, 0.2) is 30.3 Å². The van der Waals surface area contributed by atoms with E-state index in [-0.39, 0.29) is 0 Å². The van der Waals surface area contributed by atoms with E-state index in [9.17, 15) is 0 Å². The number of aromatic nitrogens is 2. The Kier molecular flexibility index (Phi) is 5.05. The highest BCUT2D eigenvalue weighted by Crippen LogP contribution is 2.26. The fourth-order valence-electron chi connectivity index (χ4n) is 1.87. The molecule has 0 spiro atoms. The molecule has 0 aliphatic rings. The van der Waals surface area contributed by atoms with Crippen LogP contribution in [0.3, 0.4) is 0 Å². The van der Waals surface area contributed by atoms with Gasteiger partial charge in [-0.1, -0.05) is 62.4 Å². The number of hydrogen-bond acceptors (Lipinski definition) is 4. The molecule has 1 aromatic carbocycles. The van der Waals surface area contributed by atoms with Crippen LogP contribution >= 0.6 is 11.3 Å². The standard InChI is InChI=1S/C15H21N3S/c1-11(2)9-16-10-14-17-18-15(19-14)12(3)13-7-5-4-6-8-13/h4-8,11-12,16H,9-10H2,1-3H3. The van der Waals surface area contributed by atoms with E-state index in [4.69, 9.17) is 0 Å². The summed E-state index contributed by atoms with van der Waals surface area (Å²) in [6.07, 6.45) is 0. The Morgan fingerprint density at radius 3 is 2.53 bits per heavy atom. The summed E-state index contributed by atoms with van der Waals surface area (Å²) in [4.78, 5) is 0. The quantitative estimate of drug-likeness (QED) is 0.877. The van der Waals surface area contributed by atoms with E-state index < -0.39 is 0 Å². The van der Waals surface area contributed by atoms with E-state index in [1.54, 1.807) is 11.3 Å². The summed E-state index contributed by atoms with van der Waals surface area (Å²) in [5, 5.41) is 14.1. The van der Waals surface area contributed by atoms with E-state index in [1.807, 2.05) is 6.07 Å². The van der Waals surface area contributed by atoms with Gasteiger partial charge in [0.2, 0.25) is 0 Å². The number of nitrogens with zero attached hydrogens (tertiary/aromatic N) is 2. The maximum atomic E-state index is 4.32. The molecule has 2 aromatic rings. The highest BCUT2D eigenvalue weighted by Gasteiger charge is 2.13. The fourth-order valence-corrected chi connectivity index (χ4v) is 2.76. The molecule has 19 heavy (non-hydrogen) atoms. The number of benzene rings is 1. The normalized spacial score (nSPS) is 12.8. The molecule has 0 radical (unpaired) electrons. The second-order valence-corrected chi connectivity index (χ2v) is 6.28. The van der Waals surface area contributed by atoms with Gasteiger partial charge in [0.25, 0.3) is 0 Å². The van der Waals surface area contributed by atoms with Crippen LogP contribution in [0.25, 0.3) is 0 Å². The van der Waals surface area contributed by atoms with E-state index in [0.29, 0.717) is 11.8 Å². The largest absolute Gasteiger partial charge is 0.310 e. The third kappa shape index (κ3) is 4.11. The minimum atomic E-state index is 0.317. The molecule has 1 heterocycles. The van der Waals surface area contributed by atoms with Gasteiger partial charge in [0.1, 0.15) is 10.0 Å². The van der Waals surface area contributed by atoms with Crippen molar-refractivity contribution >= 4 is 11.3 Å². The van der Waals surface area contributed by atoms with Gasteiger partial charge in [0.15, 0.2) is 0 Å². The predicted octanol–water partition coefficient (Wildman–Crippen LogP) is 3.44. The summed E-state index contributed by atoms with van der Waals surface area (Å²) in [6, 6.07) is 10.5. The molecule has 0 aliphatic carbocycles. The second kappa shape index (κ2) is 6.78. The maximum Gasteiger partial charge on any atom is 0.131 e. The Morgan fingerprint density at radius 1 is 1.11 bits per heavy atom. The molecule has 1 N–H and O–H groups in total. The van der Waals surface area contributed by atoms with Gasteiger partial charge < -0.3 is 5.32 Å². The smallest absolute Gasteiger partial charge is 0.131 e. The molecule has 0 saturated heterocycles. The predicted molar refractivity (Wildman–Crippen MR) is 80.4 cm³/mol. The third-order valence-electron chi connectivity index (χ3n) is 2.98. The highest BCUT2D eigenvalue weighted by atomic mass is 32.1. The maximum absolute atomic E-state index is 4.32. The molecule has 1 atom stereocenters. The van der Waals surface area contributed by atoms with Crippen LogP contribution in [-0.2, 0) is 6.54 Å². The van der Waals surface area contributed by atoms with Crippen molar-refractivity contribution in [2.45, 2.75) is 33.2 Å². The van der Waals surface area contributed by atoms with Gasteiger partial charge in [0.05, 0.1) is 0 Å². The molecule has 1 unspecified atom stereocenters. The number of nitrogens with one attached hydrogen (secondary N) is 1. The zero-order valence-corrected chi connectivity index (χ0v) is 12.6. The minimum absolute atomic E-state index is 0.317. The van der Waals surface area contributed by atoms with Crippen LogP contribution in [0.5, 0.6) is 0 Å². The average Bonchev–Trinajstić information content (AvgIpc) is 2.87. The Bertz CT molecular complexity index is 493. The summed E-state index contributed by atoms with van der Waals surface area (Å²) < 4.78 is 0. The molecule has 0 fully saturated rings. The molecule has 3 nitrogen and oxygen atoms in total. The van der Waals surface area contributed by atoms with Crippen molar-refractivity contribution < 1.29 is 0 Å². The van der Waals surface area contributed by atoms with Crippen LogP contribution in [0.1, 0.15) is 42.3 Å². The number of rotatable bonds is 6. The van der Waals surface area contributed by atoms with Gasteiger partial charge in [-0.15, -0.1) is 10.2 Å². The van der Waals surface area contributed by atoms with Gasteiger partial charge >= 0.3 is 0 Å². The van der Waals surface area contributed by atoms with Gasteiger partial charge in [0, 0.05) is 12.5 Å². The van der Waals surface area contributed by atoms with E-state index in [1.165, 1.54) is 5.56 Å². The van der Waals surface area contributed by atoms with Gasteiger partial charge in [-0.25, -0.2) is 0 Å². The van der Waals surface area contributed by atoms with E-state index >= 15 is 0 Å². The average molecular weight is 275 g/mol. The van der Waals surface area contributed by atoms with Crippen LogP contribution in [-0.4, -0.2) is 16.7 Å². The van der Waals surface area contributed by atoms with Crippen molar-refractivity contribution in [2.24, 2.45) is 5.92 Å². The third-order valence-corrected chi connectivity index (χ3v) is 4.09. The number of hydrogen-bond donors (Lipinski definition) is 1.